The highest BCUT2D eigenvalue weighted by atomic mass is 32.2. The Morgan fingerprint density at radius 3 is 2.57 bits per heavy atom. The molecule has 3 nitrogen and oxygen atoms in total. The molecule has 0 amide bonds. The molecule has 2 aromatic carbocycles. The highest BCUT2D eigenvalue weighted by molar-refractivity contribution is 7.92. The number of nitrogens with two attached hydrogens (primary N) is 1. The normalized spacial score (nSPS) is 22.5. The van der Waals surface area contributed by atoms with E-state index < -0.39 is 9.84 Å². The van der Waals surface area contributed by atoms with Gasteiger partial charge in [-0.15, -0.1) is 0 Å². The van der Waals surface area contributed by atoms with Crippen molar-refractivity contribution in [3.8, 4) is 0 Å². The lowest BCUT2D eigenvalue weighted by molar-refractivity contribution is 0.466. The first-order valence-electron chi connectivity index (χ1n) is 10.3. The molecule has 28 heavy (non-hydrogen) atoms. The fourth-order valence-corrected chi connectivity index (χ4v) is 6.37. The van der Waals surface area contributed by atoms with Crippen LogP contribution in [0.3, 0.4) is 0 Å². The van der Waals surface area contributed by atoms with Crippen LogP contribution in [0.15, 0.2) is 42.5 Å². The second-order valence-electron chi connectivity index (χ2n) is 8.35. The SMILES string of the molecule is NC1CCc2ccc(CCS(=O)(=O)C3CCC3)cc2C1Cc1cccc(F)c1. The summed E-state index contributed by atoms with van der Waals surface area (Å²) in [6, 6.07) is 13.1. The van der Waals surface area contributed by atoms with Gasteiger partial charge in [0, 0.05) is 12.0 Å². The second kappa shape index (κ2) is 7.96. The van der Waals surface area contributed by atoms with Gasteiger partial charge in [0.1, 0.15) is 5.82 Å². The average molecular weight is 402 g/mol. The van der Waals surface area contributed by atoms with E-state index >= 15 is 0 Å². The van der Waals surface area contributed by atoms with E-state index in [4.69, 9.17) is 5.73 Å². The zero-order chi connectivity index (χ0) is 19.7. The number of fused-ring (bicyclic) bond motifs is 1. The summed E-state index contributed by atoms with van der Waals surface area (Å²) < 4.78 is 38.4. The molecule has 2 atom stereocenters. The highest BCUT2D eigenvalue weighted by Gasteiger charge is 2.31. The smallest absolute Gasteiger partial charge is 0.153 e. The molecule has 2 aromatic rings. The van der Waals surface area contributed by atoms with Crippen molar-refractivity contribution in [3.05, 3.63) is 70.5 Å². The van der Waals surface area contributed by atoms with Gasteiger partial charge >= 0.3 is 0 Å². The lowest BCUT2D eigenvalue weighted by Crippen LogP contribution is -2.34. The summed E-state index contributed by atoms with van der Waals surface area (Å²) in [4.78, 5) is 0. The minimum atomic E-state index is -2.99. The summed E-state index contributed by atoms with van der Waals surface area (Å²) in [6.07, 6.45) is 5.78. The maximum absolute atomic E-state index is 13.6. The van der Waals surface area contributed by atoms with Gasteiger partial charge in [-0.2, -0.15) is 0 Å². The molecule has 0 aliphatic heterocycles. The number of sulfone groups is 1. The predicted octanol–water partition coefficient (Wildman–Crippen LogP) is 3.94. The largest absolute Gasteiger partial charge is 0.327 e. The van der Waals surface area contributed by atoms with Crippen LogP contribution in [0.4, 0.5) is 4.39 Å². The quantitative estimate of drug-likeness (QED) is 0.798. The molecule has 0 saturated heterocycles. The van der Waals surface area contributed by atoms with Crippen LogP contribution >= 0.6 is 0 Å². The number of rotatable bonds is 6. The van der Waals surface area contributed by atoms with Crippen LogP contribution in [0.1, 0.15) is 53.9 Å². The van der Waals surface area contributed by atoms with E-state index in [2.05, 4.69) is 18.2 Å². The second-order valence-corrected chi connectivity index (χ2v) is 10.7. The Kier molecular flexibility index (Phi) is 5.57. The average Bonchev–Trinajstić information content (AvgIpc) is 2.61. The zero-order valence-electron chi connectivity index (χ0n) is 16.1. The Labute approximate surface area is 167 Å². The van der Waals surface area contributed by atoms with Gasteiger partial charge in [0.2, 0.25) is 0 Å². The maximum Gasteiger partial charge on any atom is 0.153 e. The van der Waals surface area contributed by atoms with Crippen LogP contribution in [-0.4, -0.2) is 25.5 Å². The summed E-state index contributed by atoms with van der Waals surface area (Å²) in [5, 5.41) is -0.126. The molecule has 2 aliphatic carbocycles. The summed E-state index contributed by atoms with van der Waals surface area (Å²) in [5.74, 6) is 0.127. The number of benzene rings is 2. The molecule has 150 valence electrons. The highest BCUT2D eigenvalue weighted by Crippen LogP contribution is 2.35. The Morgan fingerprint density at radius 2 is 1.86 bits per heavy atom. The van der Waals surface area contributed by atoms with Crippen molar-refractivity contribution < 1.29 is 12.8 Å². The molecular weight excluding hydrogens is 373 g/mol. The van der Waals surface area contributed by atoms with E-state index in [0.717, 1.165) is 43.2 Å². The van der Waals surface area contributed by atoms with Crippen LogP contribution in [0, 0.1) is 5.82 Å². The molecular formula is C23H28FNO2S. The van der Waals surface area contributed by atoms with E-state index in [-0.39, 0.29) is 28.8 Å². The maximum atomic E-state index is 13.6. The number of hydrogen-bond acceptors (Lipinski definition) is 3. The minimum Gasteiger partial charge on any atom is -0.327 e. The van der Waals surface area contributed by atoms with E-state index in [1.54, 1.807) is 12.1 Å². The van der Waals surface area contributed by atoms with Gasteiger partial charge in [0.15, 0.2) is 9.84 Å². The van der Waals surface area contributed by atoms with Crippen LogP contribution < -0.4 is 5.73 Å². The van der Waals surface area contributed by atoms with Gasteiger partial charge in [-0.25, -0.2) is 12.8 Å². The van der Waals surface area contributed by atoms with E-state index in [9.17, 15) is 12.8 Å². The van der Waals surface area contributed by atoms with E-state index in [1.165, 1.54) is 17.2 Å². The summed E-state index contributed by atoms with van der Waals surface area (Å²) in [6.45, 7) is 0. The number of aryl methyl sites for hydroxylation is 2. The lowest BCUT2D eigenvalue weighted by atomic mass is 9.76. The van der Waals surface area contributed by atoms with Crippen LogP contribution in [0.2, 0.25) is 0 Å². The number of hydrogen-bond donors (Lipinski definition) is 1. The first-order valence-corrected chi connectivity index (χ1v) is 12.0. The predicted molar refractivity (Wildman–Crippen MR) is 111 cm³/mol. The third-order valence-corrected chi connectivity index (χ3v) is 8.71. The molecule has 5 heteroatoms. The van der Waals surface area contributed by atoms with Crippen LogP contribution in [-0.2, 0) is 29.1 Å². The molecule has 2 aliphatic rings. The molecule has 2 N–H and O–H groups in total. The van der Waals surface area contributed by atoms with Gasteiger partial charge in [0.25, 0.3) is 0 Å². The van der Waals surface area contributed by atoms with Crippen molar-refractivity contribution in [3.63, 3.8) is 0 Å². The Bertz CT molecular complexity index is 953. The Hall–Kier alpha value is -1.72. The summed E-state index contributed by atoms with van der Waals surface area (Å²) >= 11 is 0. The molecule has 1 saturated carbocycles. The van der Waals surface area contributed by atoms with Crippen LogP contribution in [0.5, 0.6) is 0 Å². The molecule has 0 radical (unpaired) electrons. The molecule has 1 fully saturated rings. The Balaban J connectivity index is 1.54. The Morgan fingerprint density at radius 1 is 1.04 bits per heavy atom. The first-order chi connectivity index (χ1) is 13.4. The fourth-order valence-electron chi connectivity index (χ4n) is 4.46. The van der Waals surface area contributed by atoms with Gasteiger partial charge < -0.3 is 5.73 Å². The van der Waals surface area contributed by atoms with Crippen molar-refractivity contribution >= 4 is 9.84 Å². The molecule has 0 heterocycles. The van der Waals surface area contributed by atoms with E-state index in [1.807, 2.05) is 6.07 Å². The van der Waals surface area contributed by atoms with Crippen molar-refractivity contribution in [1.82, 2.24) is 0 Å². The standard InChI is InChI=1S/C23H28FNO2S/c24-19-4-1-3-17(13-19)15-22-21-14-16(7-8-18(21)9-10-23(22)25)11-12-28(26,27)20-5-2-6-20/h1,3-4,7-8,13-14,20,22-23H,2,5-6,9-12,15,25H2. The van der Waals surface area contributed by atoms with Gasteiger partial charge in [-0.1, -0.05) is 36.8 Å². The summed E-state index contributed by atoms with van der Waals surface area (Å²) in [7, 11) is -2.99. The third kappa shape index (κ3) is 4.15. The zero-order valence-corrected chi connectivity index (χ0v) is 16.9. The van der Waals surface area contributed by atoms with Crippen molar-refractivity contribution in [1.29, 1.82) is 0 Å². The third-order valence-electron chi connectivity index (χ3n) is 6.45. The van der Waals surface area contributed by atoms with E-state index in [0.29, 0.717) is 12.8 Å². The van der Waals surface area contributed by atoms with Gasteiger partial charge in [-0.3, -0.25) is 0 Å². The molecule has 2 unspecified atom stereocenters. The van der Waals surface area contributed by atoms with Crippen molar-refractivity contribution in [2.24, 2.45) is 5.73 Å². The molecule has 0 aromatic heterocycles. The topological polar surface area (TPSA) is 60.2 Å². The molecule has 4 rings (SSSR count). The van der Waals surface area contributed by atoms with Gasteiger partial charge in [0.05, 0.1) is 11.0 Å². The lowest BCUT2D eigenvalue weighted by Gasteiger charge is -2.32. The number of halogens is 1. The first kappa shape index (κ1) is 19.6. The monoisotopic (exact) mass is 401 g/mol. The van der Waals surface area contributed by atoms with Crippen molar-refractivity contribution in [2.75, 3.05) is 5.75 Å². The summed E-state index contributed by atoms with van der Waals surface area (Å²) in [5.41, 5.74) is 11.0. The fraction of sp³-hybridized carbons (Fsp3) is 0.478. The van der Waals surface area contributed by atoms with Gasteiger partial charge in [-0.05, 0) is 72.9 Å². The molecule has 0 spiro atoms. The minimum absolute atomic E-state index is 0.0322. The van der Waals surface area contributed by atoms with Crippen molar-refractivity contribution in [2.45, 2.75) is 62.2 Å². The van der Waals surface area contributed by atoms with Crippen LogP contribution in [0.25, 0.3) is 0 Å². The molecule has 0 bridgehead atoms.